The van der Waals surface area contributed by atoms with Crippen LogP contribution in [0.4, 0.5) is 0 Å². The molecule has 1 nitrogen and oxygen atoms in total. The normalized spacial score (nSPS) is 15.4. The molecule has 134 valence electrons. The van der Waals surface area contributed by atoms with Gasteiger partial charge in [0.05, 0.1) is 6.54 Å². The maximum Gasteiger partial charge on any atom is 0.0639 e. The van der Waals surface area contributed by atoms with Gasteiger partial charge in [0.2, 0.25) is 0 Å². The molecule has 1 aliphatic rings. The Kier molecular flexibility index (Phi) is 6.99. The number of aliphatic imine (C=N–C) groups is 1. The molecule has 0 bridgehead atoms. The Hall–Kier alpha value is -1.89. The van der Waals surface area contributed by atoms with Gasteiger partial charge in [-0.25, -0.2) is 0 Å². The molecule has 0 aromatic heterocycles. The summed E-state index contributed by atoms with van der Waals surface area (Å²) in [5, 5.41) is 0. The van der Waals surface area contributed by atoms with E-state index in [0.717, 1.165) is 31.4 Å². The van der Waals surface area contributed by atoms with Gasteiger partial charge in [0.1, 0.15) is 0 Å². The van der Waals surface area contributed by atoms with E-state index in [1.165, 1.54) is 52.0 Å². The Labute approximate surface area is 154 Å². The monoisotopic (exact) mass is 335 g/mol. The largest absolute Gasteiger partial charge is 0.290 e. The zero-order valence-electron chi connectivity index (χ0n) is 16.7. The standard InChI is InChI=1S/C24H33N/c1-7-9-20(6)25-16-21-12-13-23(17(2)3)22(14-21)15-24-18(4)10-8-11-19(24)5/h10,12-14H,2,7-9,11,15-16H2,1,3-6H3/b25-20+. The number of nitrogens with zero attached hydrogens (tertiary/aromatic N) is 1. The molecule has 0 saturated heterocycles. The Balaban J connectivity index is 2.31. The molecule has 1 aromatic carbocycles. The van der Waals surface area contributed by atoms with Crippen molar-refractivity contribution in [2.24, 2.45) is 4.99 Å². The van der Waals surface area contributed by atoms with Gasteiger partial charge in [-0.15, -0.1) is 0 Å². The van der Waals surface area contributed by atoms with Crippen molar-refractivity contribution >= 4 is 11.3 Å². The van der Waals surface area contributed by atoms with E-state index in [9.17, 15) is 0 Å². The van der Waals surface area contributed by atoms with E-state index in [1.54, 1.807) is 0 Å². The predicted octanol–water partition coefficient (Wildman–Crippen LogP) is 7.08. The third kappa shape index (κ3) is 5.29. The Morgan fingerprint density at radius 3 is 2.60 bits per heavy atom. The molecule has 0 atom stereocenters. The minimum absolute atomic E-state index is 0.780. The van der Waals surface area contributed by atoms with E-state index in [2.05, 4.69) is 65.5 Å². The van der Waals surface area contributed by atoms with Gasteiger partial charge in [-0.2, -0.15) is 0 Å². The topological polar surface area (TPSA) is 12.4 Å². The third-order valence-electron chi connectivity index (χ3n) is 5.10. The summed E-state index contributed by atoms with van der Waals surface area (Å²) in [7, 11) is 0. The second kappa shape index (κ2) is 8.99. The summed E-state index contributed by atoms with van der Waals surface area (Å²) in [6, 6.07) is 6.78. The Bertz CT molecular complexity index is 728. The molecule has 0 fully saturated rings. The summed E-state index contributed by atoms with van der Waals surface area (Å²) >= 11 is 0. The van der Waals surface area contributed by atoms with Crippen LogP contribution in [0.25, 0.3) is 5.57 Å². The van der Waals surface area contributed by atoms with Crippen molar-refractivity contribution in [2.45, 2.75) is 73.3 Å². The van der Waals surface area contributed by atoms with Gasteiger partial charge in [0.25, 0.3) is 0 Å². The first kappa shape index (κ1) is 19.4. The maximum atomic E-state index is 4.75. The van der Waals surface area contributed by atoms with Crippen molar-refractivity contribution in [3.63, 3.8) is 0 Å². The highest BCUT2D eigenvalue weighted by atomic mass is 14.7. The lowest BCUT2D eigenvalue weighted by Gasteiger charge is -2.20. The smallest absolute Gasteiger partial charge is 0.0639 e. The number of hydrogen-bond donors (Lipinski definition) is 0. The summed E-state index contributed by atoms with van der Waals surface area (Å²) in [4.78, 5) is 4.75. The first-order valence-electron chi connectivity index (χ1n) is 9.55. The van der Waals surface area contributed by atoms with Gasteiger partial charge < -0.3 is 0 Å². The quantitative estimate of drug-likeness (QED) is 0.472. The summed E-state index contributed by atoms with van der Waals surface area (Å²) in [5.74, 6) is 0. The van der Waals surface area contributed by atoms with Crippen LogP contribution in [-0.4, -0.2) is 5.71 Å². The van der Waals surface area contributed by atoms with Gasteiger partial charge >= 0.3 is 0 Å². The van der Waals surface area contributed by atoms with E-state index in [-0.39, 0.29) is 0 Å². The first-order valence-corrected chi connectivity index (χ1v) is 9.55. The molecule has 1 aliphatic carbocycles. The molecule has 1 aromatic rings. The molecule has 0 spiro atoms. The number of hydrogen-bond acceptors (Lipinski definition) is 1. The van der Waals surface area contributed by atoms with E-state index >= 15 is 0 Å². The fraction of sp³-hybridized carbons (Fsp3) is 0.458. The van der Waals surface area contributed by atoms with Crippen LogP contribution in [0.2, 0.25) is 0 Å². The number of rotatable bonds is 7. The molecular formula is C24H33N. The lowest BCUT2D eigenvalue weighted by atomic mass is 9.86. The Morgan fingerprint density at radius 1 is 1.20 bits per heavy atom. The number of benzene rings is 1. The molecule has 0 heterocycles. The molecule has 0 amide bonds. The van der Waals surface area contributed by atoms with Crippen LogP contribution in [0.1, 0.15) is 77.0 Å². The van der Waals surface area contributed by atoms with E-state index in [4.69, 9.17) is 4.99 Å². The highest BCUT2D eigenvalue weighted by molar-refractivity contribution is 5.81. The third-order valence-corrected chi connectivity index (χ3v) is 5.10. The first-order chi connectivity index (χ1) is 11.9. The fourth-order valence-electron chi connectivity index (χ4n) is 3.57. The zero-order chi connectivity index (χ0) is 18.4. The Morgan fingerprint density at radius 2 is 1.96 bits per heavy atom. The molecule has 0 N–H and O–H groups in total. The van der Waals surface area contributed by atoms with Gasteiger partial charge in [0.15, 0.2) is 0 Å². The van der Waals surface area contributed by atoms with Crippen LogP contribution in [0.15, 0.2) is 52.6 Å². The second-order valence-electron chi connectivity index (χ2n) is 7.43. The molecule has 0 radical (unpaired) electrons. The summed E-state index contributed by atoms with van der Waals surface area (Å²) in [5.41, 5.74) is 10.9. The van der Waals surface area contributed by atoms with E-state index in [0.29, 0.717) is 0 Å². The highest BCUT2D eigenvalue weighted by Crippen LogP contribution is 2.30. The zero-order valence-corrected chi connectivity index (χ0v) is 16.7. The average molecular weight is 336 g/mol. The molecule has 0 saturated carbocycles. The van der Waals surface area contributed by atoms with Crippen LogP contribution in [-0.2, 0) is 13.0 Å². The average Bonchev–Trinajstić information content (AvgIpc) is 2.56. The van der Waals surface area contributed by atoms with Crippen molar-refractivity contribution in [3.8, 4) is 0 Å². The number of allylic oxidation sites excluding steroid dienone is 5. The van der Waals surface area contributed by atoms with Crippen molar-refractivity contribution in [1.29, 1.82) is 0 Å². The summed E-state index contributed by atoms with van der Waals surface area (Å²) in [6.07, 6.45) is 8.00. The van der Waals surface area contributed by atoms with Gasteiger partial charge in [-0.05, 0) is 75.6 Å². The van der Waals surface area contributed by atoms with Gasteiger partial charge in [0, 0.05) is 5.71 Å². The summed E-state index contributed by atoms with van der Waals surface area (Å²) in [6.45, 7) is 15.9. The molecule has 0 aliphatic heterocycles. The molecule has 2 rings (SSSR count). The van der Waals surface area contributed by atoms with Crippen LogP contribution >= 0.6 is 0 Å². The van der Waals surface area contributed by atoms with Crippen LogP contribution in [0, 0.1) is 0 Å². The van der Waals surface area contributed by atoms with Crippen molar-refractivity contribution in [1.82, 2.24) is 0 Å². The minimum Gasteiger partial charge on any atom is -0.290 e. The molecule has 0 unspecified atom stereocenters. The second-order valence-corrected chi connectivity index (χ2v) is 7.43. The van der Waals surface area contributed by atoms with Crippen molar-refractivity contribution < 1.29 is 0 Å². The predicted molar refractivity (Wildman–Crippen MR) is 112 cm³/mol. The molecule has 25 heavy (non-hydrogen) atoms. The van der Waals surface area contributed by atoms with Gasteiger partial charge in [-0.1, -0.05) is 60.9 Å². The highest BCUT2D eigenvalue weighted by Gasteiger charge is 2.13. The SMILES string of the molecule is C=C(C)c1ccc(C/N=C(\C)CCC)cc1CC1=C(C)CCC=C1C. The maximum absolute atomic E-state index is 4.75. The molecular weight excluding hydrogens is 302 g/mol. The van der Waals surface area contributed by atoms with Gasteiger partial charge in [-0.3, -0.25) is 4.99 Å². The lowest BCUT2D eigenvalue weighted by molar-refractivity contribution is 0.894. The molecule has 1 heteroatoms. The van der Waals surface area contributed by atoms with Crippen LogP contribution < -0.4 is 0 Å². The lowest BCUT2D eigenvalue weighted by Crippen LogP contribution is -2.04. The van der Waals surface area contributed by atoms with Crippen LogP contribution in [0.5, 0.6) is 0 Å². The minimum atomic E-state index is 0.780. The van der Waals surface area contributed by atoms with Crippen LogP contribution in [0.3, 0.4) is 0 Å². The van der Waals surface area contributed by atoms with Crippen molar-refractivity contribution in [3.05, 3.63) is 64.3 Å². The van der Waals surface area contributed by atoms with E-state index < -0.39 is 0 Å². The van der Waals surface area contributed by atoms with Crippen molar-refractivity contribution in [2.75, 3.05) is 0 Å². The van der Waals surface area contributed by atoms with E-state index in [1.807, 2.05) is 0 Å². The summed E-state index contributed by atoms with van der Waals surface area (Å²) < 4.78 is 0. The fourth-order valence-corrected chi connectivity index (χ4v) is 3.57.